The number of aromatic nitrogens is 5. The van der Waals surface area contributed by atoms with Crippen molar-refractivity contribution in [3.05, 3.63) is 99.7 Å². The summed E-state index contributed by atoms with van der Waals surface area (Å²) >= 11 is 0. The number of benzene rings is 2. The molecule has 5 aromatic rings. The third-order valence-electron chi connectivity index (χ3n) is 6.38. The highest BCUT2D eigenvalue weighted by Gasteiger charge is 2.18. The molecule has 34 heavy (non-hydrogen) atoms. The van der Waals surface area contributed by atoms with Gasteiger partial charge >= 0.3 is 0 Å². The maximum absolute atomic E-state index is 14.0. The SMILES string of the molecule is Cc1cc(F)cc(C(C)n2ccc3c(nc(-c4ccc(-n5cnc(C)c5)c(C)c4)n3C)c2=O)c1. The van der Waals surface area contributed by atoms with Gasteiger partial charge in [-0.15, -0.1) is 0 Å². The number of halogens is 1. The van der Waals surface area contributed by atoms with E-state index in [1.807, 2.05) is 74.3 Å². The van der Waals surface area contributed by atoms with E-state index in [1.165, 1.54) is 12.1 Å². The van der Waals surface area contributed by atoms with Gasteiger partial charge in [0, 0.05) is 30.7 Å². The average Bonchev–Trinajstić information content (AvgIpc) is 3.36. The van der Waals surface area contributed by atoms with E-state index in [1.54, 1.807) is 17.1 Å². The third kappa shape index (κ3) is 3.63. The Balaban J connectivity index is 1.58. The number of hydrogen-bond acceptors (Lipinski definition) is 3. The number of nitrogens with zero attached hydrogens (tertiary/aromatic N) is 5. The normalized spacial score (nSPS) is 12.4. The van der Waals surface area contributed by atoms with Crippen molar-refractivity contribution in [3.8, 4) is 17.1 Å². The molecule has 0 N–H and O–H groups in total. The summed E-state index contributed by atoms with van der Waals surface area (Å²) < 4.78 is 19.5. The molecular weight excluding hydrogens is 429 g/mol. The Morgan fingerprint density at radius 3 is 2.50 bits per heavy atom. The summed E-state index contributed by atoms with van der Waals surface area (Å²) in [6.45, 7) is 7.75. The monoisotopic (exact) mass is 455 g/mol. The van der Waals surface area contributed by atoms with Gasteiger partial charge in [-0.1, -0.05) is 6.07 Å². The molecule has 0 amide bonds. The van der Waals surface area contributed by atoms with E-state index in [0.717, 1.165) is 45.0 Å². The Kier molecular flexibility index (Phi) is 5.20. The predicted molar refractivity (Wildman–Crippen MR) is 132 cm³/mol. The van der Waals surface area contributed by atoms with Gasteiger partial charge in [-0.05, 0) is 80.8 Å². The summed E-state index contributed by atoms with van der Waals surface area (Å²) in [5.41, 5.74) is 6.53. The molecule has 5 rings (SSSR count). The molecule has 0 aliphatic heterocycles. The Hall–Kier alpha value is -4.00. The molecule has 172 valence electrons. The summed E-state index contributed by atoms with van der Waals surface area (Å²) in [6.07, 6.45) is 5.55. The van der Waals surface area contributed by atoms with Crippen LogP contribution in [0.15, 0.2) is 66.0 Å². The lowest BCUT2D eigenvalue weighted by molar-refractivity contribution is 0.594. The predicted octanol–water partition coefficient (Wildman–Crippen LogP) is 5.26. The summed E-state index contributed by atoms with van der Waals surface area (Å²) in [7, 11) is 1.91. The highest BCUT2D eigenvalue weighted by molar-refractivity contribution is 5.80. The molecule has 0 bridgehead atoms. The minimum absolute atomic E-state index is 0.198. The summed E-state index contributed by atoms with van der Waals surface area (Å²) in [5.74, 6) is 0.413. The van der Waals surface area contributed by atoms with Gasteiger partial charge in [0.1, 0.15) is 11.6 Å². The molecule has 2 aromatic carbocycles. The number of aryl methyl sites for hydroxylation is 4. The standard InChI is InChI=1S/C27H26FN5O/c1-16-10-21(13-22(28)11-16)19(4)33-9-8-24-25(27(33)34)30-26(31(24)5)20-6-7-23(17(2)12-20)32-14-18(3)29-15-32/h6-15,19H,1-5H3. The van der Waals surface area contributed by atoms with E-state index in [0.29, 0.717) is 5.52 Å². The molecule has 1 unspecified atom stereocenters. The van der Waals surface area contributed by atoms with E-state index >= 15 is 0 Å². The molecule has 0 aliphatic carbocycles. The average molecular weight is 456 g/mol. The zero-order chi connectivity index (χ0) is 24.1. The second kappa shape index (κ2) is 8.09. The zero-order valence-electron chi connectivity index (χ0n) is 19.9. The topological polar surface area (TPSA) is 57.6 Å². The summed E-state index contributed by atoms with van der Waals surface area (Å²) in [4.78, 5) is 22.4. The van der Waals surface area contributed by atoms with E-state index in [4.69, 9.17) is 4.98 Å². The fourth-order valence-corrected chi connectivity index (χ4v) is 4.57. The molecule has 7 heteroatoms. The van der Waals surface area contributed by atoms with E-state index in [-0.39, 0.29) is 17.4 Å². The molecule has 3 heterocycles. The van der Waals surface area contributed by atoms with Gasteiger partial charge in [0.25, 0.3) is 5.56 Å². The van der Waals surface area contributed by atoms with Gasteiger partial charge in [-0.25, -0.2) is 14.4 Å². The molecule has 0 fully saturated rings. The maximum atomic E-state index is 14.0. The van der Waals surface area contributed by atoms with E-state index in [9.17, 15) is 9.18 Å². The highest BCUT2D eigenvalue weighted by atomic mass is 19.1. The van der Waals surface area contributed by atoms with Crippen LogP contribution in [0.2, 0.25) is 0 Å². The lowest BCUT2D eigenvalue weighted by Gasteiger charge is -2.16. The van der Waals surface area contributed by atoms with Crippen LogP contribution in [0, 0.1) is 26.6 Å². The van der Waals surface area contributed by atoms with Crippen molar-refractivity contribution in [2.24, 2.45) is 7.05 Å². The fourth-order valence-electron chi connectivity index (χ4n) is 4.57. The van der Waals surface area contributed by atoms with Crippen LogP contribution in [0.3, 0.4) is 0 Å². The van der Waals surface area contributed by atoms with Crippen LogP contribution in [0.4, 0.5) is 4.39 Å². The maximum Gasteiger partial charge on any atom is 0.279 e. The Labute approximate surface area is 197 Å². The smallest absolute Gasteiger partial charge is 0.279 e. The van der Waals surface area contributed by atoms with Crippen molar-refractivity contribution < 1.29 is 4.39 Å². The summed E-state index contributed by atoms with van der Waals surface area (Å²) in [6, 6.07) is 12.6. The van der Waals surface area contributed by atoms with E-state index < -0.39 is 0 Å². The van der Waals surface area contributed by atoms with Crippen molar-refractivity contribution in [1.29, 1.82) is 0 Å². The fraction of sp³-hybridized carbons (Fsp3) is 0.222. The number of imidazole rings is 2. The zero-order valence-corrected chi connectivity index (χ0v) is 19.9. The number of hydrogen-bond donors (Lipinski definition) is 0. The van der Waals surface area contributed by atoms with Crippen LogP contribution in [0.25, 0.3) is 28.1 Å². The van der Waals surface area contributed by atoms with Crippen LogP contribution in [-0.4, -0.2) is 23.7 Å². The van der Waals surface area contributed by atoms with Gasteiger partial charge in [0.05, 0.1) is 23.6 Å². The largest absolute Gasteiger partial charge is 0.327 e. The number of rotatable bonds is 4. The molecule has 0 saturated heterocycles. The minimum atomic E-state index is -0.322. The lowest BCUT2D eigenvalue weighted by Crippen LogP contribution is -2.23. The Morgan fingerprint density at radius 1 is 1.03 bits per heavy atom. The molecule has 0 spiro atoms. The van der Waals surface area contributed by atoms with Crippen LogP contribution >= 0.6 is 0 Å². The quantitative estimate of drug-likeness (QED) is 0.371. The summed E-state index contributed by atoms with van der Waals surface area (Å²) in [5, 5.41) is 0. The molecule has 0 aliphatic rings. The van der Waals surface area contributed by atoms with Gasteiger partial charge in [-0.3, -0.25) is 4.79 Å². The van der Waals surface area contributed by atoms with Crippen molar-refractivity contribution in [2.45, 2.75) is 33.7 Å². The molecule has 1 atom stereocenters. The first kappa shape index (κ1) is 21.8. The molecular formula is C27H26FN5O. The van der Waals surface area contributed by atoms with Gasteiger partial charge in [-0.2, -0.15) is 0 Å². The molecule has 6 nitrogen and oxygen atoms in total. The molecule has 3 aromatic heterocycles. The van der Waals surface area contributed by atoms with Crippen molar-refractivity contribution in [3.63, 3.8) is 0 Å². The first-order valence-electron chi connectivity index (χ1n) is 11.2. The first-order valence-corrected chi connectivity index (χ1v) is 11.2. The van der Waals surface area contributed by atoms with Crippen LogP contribution in [-0.2, 0) is 7.05 Å². The van der Waals surface area contributed by atoms with Crippen molar-refractivity contribution in [1.82, 2.24) is 23.7 Å². The number of fused-ring (bicyclic) bond motifs is 1. The third-order valence-corrected chi connectivity index (χ3v) is 6.38. The van der Waals surface area contributed by atoms with Gasteiger partial charge in [0.15, 0.2) is 5.52 Å². The Bertz CT molecular complexity index is 1590. The van der Waals surface area contributed by atoms with Crippen molar-refractivity contribution in [2.75, 3.05) is 0 Å². The number of pyridine rings is 1. The van der Waals surface area contributed by atoms with Crippen molar-refractivity contribution >= 4 is 11.0 Å². The molecule has 0 radical (unpaired) electrons. The van der Waals surface area contributed by atoms with Gasteiger partial charge in [0.2, 0.25) is 0 Å². The van der Waals surface area contributed by atoms with Crippen LogP contribution in [0.1, 0.15) is 35.3 Å². The second-order valence-electron chi connectivity index (χ2n) is 8.92. The van der Waals surface area contributed by atoms with Crippen LogP contribution in [0.5, 0.6) is 0 Å². The lowest BCUT2D eigenvalue weighted by atomic mass is 10.1. The minimum Gasteiger partial charge on any atom is -0.327 e. The second-order valence-corrected chi connectivity index (χ2v) is 8.92. The Morgan fingerprint density at radius 2 is 1.82 bits per heavy atom. The van der Waals surface area contributed by atoms with Crippen LogP contribution < -0.4 is 5.56 Å². The first-order chi connectivity index (χ1) is 16.2. The molecule has 0 saturated carbocycles. The highest BCUT2D eigenvalue weighted by Crippen LogP contribution is 2.27. The van der Waals surface area contributed by atoms with Gasteiger partial charge < -0.3 is 13.7 Å². The van der Waals surface area contributed by atoms with E-state index in [2.05, 4.69) is 11.1 Å².